The second kappa shape index (κ2) is 6.39. The molecule has 7 heteroatoms. The van der Waals surface area contributed by atoms with Crippen LogP contribution in [0.25, 0.3) is 0 Å². The van der Waals surface area contributed by atoms with Gasteiger partial charge in [0.1, 0.15) is 0 Å². The van der Waals surface area contributed by atoms with Crippen molar-refractivity contribution in [1.82, 2.24) is 20.4 Å². The Morgan fingerprint density at radius 1 is 1.29 bits per heavy atom. The van der Waals surface area contributed by atoms with E-state index >= 15 is 0 Å². The van der Waals surface area contributed by atoms with Gasteiger partial charge in [-0.05, 0) is 30.5 Å². The molecule has 1 atom stereocenters. The van der Waals surface area contributed by atoms with Gasteiger partial charge < -0.3 is 10.2 Å². The minimum atomic E-state index is -0.00947. The molecule has 1 fully saturated rings. The normalized spacial score (nSPS) is 20.2. The molecule has 3 heterocycles. The van der Waals surface area contributed by atoms with E-state index < -0.39 is 0 Å². The number of aromatic amines is 1. The minimum Gasteiger partial charge on any atom is -0.330 e. The van der Waals surface area contributed by atoms with Gasteiger partial charge in [-0.2, -0.15) is 5.10 Å². The van der Waals surface area contributed by atoms with Crippen molar-refractivity contribution in [3.8, 4) is 0 Å². The Morgan fingerprint density at radius 3 is 3.00 bits per heavy atom. The standard InChI is InChI=1S/C17H18Cl2N4O/c18-12-4-3-10(8-13(12)19)15-2-1-7-23(15)17(24)16-11-9-20-6-5-14(11)21-22-16/h3-4,8,15,20H,1-2,5-7,9H2,(H,21,22). The van der Waals surface area contributed by atoms with Gasteiger partial charge in [-0.1, -0.05) is 29.3 Å². The first kappa shape index (κ1) is 15.9. The monoisotopic (exact) mass is 364 g/mol. The van der Waals surface area contributed by atoms with Gasteiger partial charge in [-0.3, -0.25) is 9.89 Å². The fourth-order valence-corrected chi connectivity index (χ4v) is 3.92. The maximum atomic E-state index is 13.1. The van der Waals surface area contributed by atoms with Gasteiger partial charge in [0, 0.05) is 37.3 Å². The van der Waals surface area contributed by atoms with Crippen LogP contribution in [-0.2, 0) is 13.0 Å². The maximum Gasteiger partial charge on any atom is 0.275 e. The number of nitrogens with one attached hydrogen (secondary N) is 2. The zero-order valence-corrected chi connectivity index (χ0v) is 14.6. The Bertz CT molecular complexity index is 789. The van der Waals surface area contributed by atoms with E-state index in [2.05, 4.69) is 15.5 Å². The number of H-pyrrole nitrogens is 1. The first-order chi connectivity index (χ1) is 11.6. The summed E-state index contributed by atoms with van der Waals surface area (Å²) in [5.74, 6) is -0.00947. The Hall–Kier alpha value is -1.56. The molecule has 4 rings (SSSR count). The third-order valence-electron chi connectivity index (χ3n) is 4.85. The number of nitrogens with zero attached hydrogens (tertiary/aromatic N) is 2. The van der Waals surface area contributed by atoms with Crippen molar-refractivity contribution in [3.63, 3.8) is 0 Å². The van der Waals surface area contributed by atoms with Crippen molar-refractivity contribution in [1.29, 1.82) is 0 Å². The summed E-state index contributed by atoms with van der Waals surface area (Å²) in [6, 6.07) is 5.63. The number of carbonyl (C=O) groups is 1. The van der Waals surface area contributed by atoms with Crippen molar-refractivity contribution >= 4 is 29.1 Å². The quantitative estimate of drug-likeness (QED) is 0.858. The van der Waals surface area contributed by atoms with Gasteiger partial charge >= 0.3 is 0 Å². The van der Waals surface area contributed by atoms with Gasteiger partial charge in [-0.15, -0.1) is 0 Å². The summed E-state index contributed by atoms with van der Waals surface area (Å²) in [5.41, 5.74) is 3.65. The van der Waals surface area contributed by atoms with E-state index in [1.807, 2.05) is 17.0 Å². The fourth-order valence-electron chi connectivity index (χ4n) is 3.61. The lowest BCUT2D eigenvalue weighted by atomic mass is 10.0. The average Bonchev–Trinajstić information content (AvgIpc) is 3.23. The van der Waals surface area contributed by atoms with Gasteiger partial charge in [0.25, 0.3) is 5.91 Å². The summed E-state index contributed by atoms with van der Waals surface area (Å²) < 4.78 is 0. The molecular weight excluding hydrogens is 347 g/mol. The molecule has 0 bridgehead atoms. The SMILES string of the molecule is O=C(c1n[nH]c2c1CNCC2)N1CCCC1c1ccc(Cl)c(Cl)c1. The Labute approximate surface area is 150 Å². The van der Waals surface area contributed by atoms with Crippen molar-refractivity contribution in [2.75, 3.05) is 13.1 Å². The topological polar surface area (TPSA) is 61.0 Å². The number of fused-ring (bicyclic) bond motifs is 1. The van der Waals surface area contributed by atoms with Crippen LogP contribution in [0.1, 0.15) is 46.2 Å². The molecule has 1 aromatic carbocycles. The van der Waals surface area contributed by atoms with Crippen molar-refractivity contribution in [2.45, 2.75) is 31.8 Å². The summed E-state index contributed by atoms with van der Waals surface area (Å²) in [6.45, 7) is 2.34. The predicted molar refractivity (Wildman–Crippen MR) is 93.5 cm³/mol. The van der Waals surface area contributed by atoms with Gasteiger partial charge in [0.2, 0.25) is 0 Å². The number of likely N-dealkylation sites (tertiary alicyclic amines) is 1. The molecule has 0 aliphatic carbocycles. The van der Waals surface area contributed by atoms with Crippen molar-refractivity contribution in [3.05, 3.63) is 50.8 Å². The number of benzene rings is 1. The Morgan fingerprint density at radius 2 is 2.17 bits per heavy atom. The number of hydrogen-bond donors (Lipinski definition) is 2. The lowest BCUT2D eigenvalue weighted by molar-refractivity contribution is 0.0728. The minimum absolute atomic E-state index is 0.00947. The van der Waals surface area contributed by atoms with Crippen LogP contribution in [0.5, 0.6) is 0 Å². The van der Waals surface area contributed by atoms with Crippen LogP contribution in [0.15, 0.2) is 18.2 Å². The van der Waals surface area contributed by atoms with Gasteiger partial charge in [0.15, 0.2) is 5.69 Å². The Balaban J connectivity index is 1.63. The molecule has 24 heavy (non-hydrogen) atoms. The molecule has 2 aromatic rings. The summed E-state index contributed by atoms with van der Waals surface area (Å²) in [6.07, 6.45) is 2.78. The average molecular weight is 365 g/mol. The molecule has 0 radical (unpaired) electrons. The molecule has 5 nitrogen and oxygen atoms in total. The molecule has 0 saturated carbocycles. The predicted octanol–water partition coefficient (Wildman–Crippen LogP) is 3.34. The molecule has 1 unspecified atom stereocenters. The van der Waals surface area contributed by atoms with Crippen LogP contribution >= 0.6 is 23.2 Å². The van der Waals surface area contributed by atoms with E-state index in [0.29, 0.717) is 22.3 Å². The molecule has 2 N–H and O–H groups in total. The molecule has 2 aliphatic heterocycles. The van der Waals surface area contributed by atoms with E-state index in [1.165, 1.54) is 0 Å². The highest BCUT2D eigenvalue weighted by Gasteiger charge is 2.34. The second-order valence-corrected chi connectivity index (χ2v) is 7.10. The molecule has 126 valence electrons. The first-order valence-electron chi connectivity index (χ1n) is 8.18. The first-order valence-corrected chi connectivity index (χ1v) is 8.93. The summed E-state index contributed by atoms with van der Waals surface area (Å²) >= 11 is 12.2. The van der Waals surface area contributed by atoms with Gasteiger partial charge in [0.05, 0.1) is 16.1 Å². The van der Waals surface area contributed by atoms with Crippen molar-refractivity contribution in [2.24, 2.45) is 0 Å². The number of hydrogen-bond acceptors (Lipinski definition) is 3. The fraction of sp³-hybridized carbons (Fsp3) is 0.412. The summed E-state index contributed by atoms with van der Waals surface area (Å²) in [5, 5.41) is 11.7. The molecule has 1 amide bonds. The summed E-state index contributed by atoms with van der Waals surface area (Å²) in [4.78, 5) is 15.0. The zero-order valence-electron chi connectivity index (χ0n) is 13.1. The smallest absolute Gasteiger partial charge is 0.275 e. The third-order valence-corrected chi connectivity index (χ3v) is 5.59. The highest BCUT2D eigenvalue weighted by molar-refractivity contribution is 6.42. The van der Waals surface area contributed by atoms with E-state index in [-0.39, 0.29) is 11.9 Å². The molecule has 2 aliphatic rings. The third kappa shape index (κ3) is 2.70. The van der Waals surface area contributed by atoms with Crippen LogP contribution < -0.4 is 5.32 Å². The van der Waals surface area contributed by atoms with Crippen LogP contribution in [0.2, 0.25) is 10.0 Å². The number of carbonyl (C=O) groups excluding carboxylic acids is 1. The van der Waals surface area contributed by atoms with E-state index in [9.17, 15) is 4.79 Å². The Kier molecular flexibility index (Phi) is 4.24. The highest BCUT2D eigenvalue weighted by atomic mass is 35.5. The lowest BCUT2D eigenvalue weighted by Gasteiger charge is -2.25. The summed E-state index contributed by atoms with van der Waals surface area (Å²) in [7, 11) is 0. The lowest BCUT2D eigenvalue weighted by Crippen LogP contribution is -2.32. The molecule has 0 spiro atoms. The largest absolute Gasteiger partial charge is 0.330 e. The van der Waals surface area contributed by atoms with Crippen LogP contribution in [0.3, 0.4) is 0 Å². The highest BCUT2D eigenvalue weighted by Crippen LogP contribution is 2.36. The number of amides is 1. The number of aromatic nitrogens is 2. The van der Waals surface area contributed by atoms with E-state index in [1.54, 1.807) is 6.07 Å². The van der Waals surface area contributed by atoms with E-state index in [4.69, 9.17) is 23.2 Å². The van der Waals surface area contributed by atoms with Crippen molar-refractivity contribution < 1.29 is 4.79 Å². The zero-order chi connectivity index (χ0) is 16.7. The van der Waals surface area contributed by atoms with Gasteiger partial charge in [-0.25, -0.2) is 0 Å². The van der Waals surface area contributed by atoms with Crippen LogP contribution in [0.4, 0.5) is 0 Å². The molecule has 1 saturated heterocycles. The molecule has 1 aromatic heterocycles. The van der Waals surface area contributed by atoms with E-state index in [0.717, 1.165) is 49.2 Å². The second-order valence-electron chi connectivity index (χ2n) is 6.29. The number of rotatable bonds is 2. The number of halogens is 2. The van der Waals surface area contributed by atoms with Crippen LogP contribution in [-0.4, -0.2) is 34.1 Å². The molecular formula is C17H18Cl2N4O. The van der Waals surface area contributed by atoms with Crippen LogP contribution in [0, 0.1) is 0 Å². The maximum absolute atomic E-state index is 13.1.